The van der Waals surface area contributed by atoms with Crippen LogP contribution in [0.15, 0.2) is 78.9 Å². The van der Waals surface area contributed by atoms with Gasteiger partial charge in [0.25, 0.3) is 5.69 Å². The number of benzene rings is 3. The van der Waals surface area contributed by atoms with Crippen LogP contribution in [0, 0.1) is 15.9 Å². The van der Waals surface area contributed by atoms with E-state index in [1.54, 1.807) is 32.9 Å². The minimum Gasteiger partial charge on any atom is -0.350 e. The lowest BCUT2D eigenvalue weighted by Crippen LogP contribution is -2.56. The summed E-state index contributed by atoms with van der Waals surface area (Å²) in [5.74, 6) is -1.67. The lowest BCUT2D eigenvalue weighted by molar-refractivity contribution is -0.384. The molecule has 0 spiro atoms. The molecule has 3 aromatic rings. The Morgan fingerprint density at radius 3 is 2.17 bits per heavy atom. The van der Waals surface area contributed by atoms with Crippen LogP contribution in [0.5, 0.6) is 0 Å². The van der Waals surface area contributed by atoms with Crippen LogP contribution < -0.4 is 9.62 Å². The van der Waals surface area contributed by atoms with Crippen LogP contribution in [0.3, 0.4) is 0 Å². The summed E-state index contributed by atoms with van der Waals surface area (Å²) >= 11 is 0. The Morgan fingerprint density at radius 1 is 0.976 bits per heavy atom. The molecule has 0 saturated heterocycles. The fraction of sp³-hybridized carbons (Fsp3) is 0.310. The maximum absolute atomic E-state index is 14.0. The van der Waals surface area contributed by atoms with E-state index in [0.29, 0.717) is 5.56 Å². The van der Waals surface area contributed by atoms with Gasteiger partial charge >= 0.3 is 0 Å². The summed E-state index contributed by atoms with van der Waals surface area (Å²) in [7, 11) is -4.09. The van der Waals surface area contributed by atoms with Crippen molar-refractivity contribution in [2.24, 2.45) is 0 Å². The number of nitrogens with zero attached hydrogens (tertiary/aromatic N) is 3. The van der Waals surface area contributed by atoms with E-state index in [0.717, 1.165) is 22.2 Å². The molecule has 2 amide bonds. The van der Waals surface area contributed by atoms with Crippen molar-refractivity contribution in [3.05, 3.63) is 106 Å². The SMILES string of the molecule is CC(C)(C)NC(=O)[C@@H](Cc1ccccc1)N(Cc1ccc(F)cc1)C(=O)CN(c1cccc([N+](=O)[O-])c1)S(C)(=O)=O. The number of nitro benzene ring substituents is 1. The predicted molar refractivity (Wildman–Crippen MR) is 154 cm³/mol. The van der Waals surface area contributed by atoms with E-state index in [2.05, 4.69) is 5.32 Å². The van der Waals surface area contributed by atoms with Gasteiger partial charge in [-0.2, -0.15) is 0 Å². The standard InChI is InChI=1S/C29H33FN4O6S/c1-29(2,3)31-28(36)26(17-21-9-6-5-7-10-21)32(19-22-13-15-23(30)16-14-22)27(35)20-33(41(4,39)40)24-11-8-12-25(18-24)34(37)38/h5-16,18,26H,17,19-20H2,1-4H3,(H,31,36)/t26-/m1/s1. The average molecular weight is 585 g/mol. The quantitative estimate of drug-likeness (QED) is 0.267. The third kappa shape index (κ3) is 9.10. The zero-order valence-electron chi connectivity index (χ0n) is 23.3. The smallest absolute Gasteiger partial charge is 0.271 e. The molecule has 0 aliphatic heterocycles. The molecular formula is C29H33FN4O6S. The first kappa shape index (κ1) is 31.2. The Kier molecular flexibility index (Phi) is 9.82. The number of hydrogen-bond donors (Lipinski definition) is 1. The summed E-state index contributed by atoms with van der Waals surface area (Å²) in [6, 6.07) is 18.3. The molecule has 1 N–H and O–H groups in total. The van der Waals surface area contributed by atoms with Crippen molar-refractivity contribution in [1.29, 1.82) is 0 Å². The molecule has 3 rings (SSSR count). The van der Waals surface area contributed by atoms with Crippen molar-refractivity contribution >= 4 is 33.2 Å². The first-order valence-corrected chi connectivity index (χ1v) is 14.6. The molecular weight excluding hydrogens is 551 g/mol. The number of carbonyl (C=O) groups is 2. The zero-order valence-corrected chi connectivity index (χ0v) is 24.1. The molecule has 41 heavy (non-hydrogen) atoms. The van der Waals surface area contributed by atoms with Gasteiger partial charge in [0, 0.05) is 30.6 Å². The number of hydrogen-bond acceptors (Lipinski definition) is 6. The monoisotopic (exact) mass is 584 g/mol. The minimum absolute atomic E-state index is 0.0736. The first-order valence-electron chi connectivity index (χ1n) is 12.8. The van der Waals surface area contributed by atoms with Crippen molar-refractivity contribution in [2.75, 3.05) is 17.1 Å². The van der Waals surface area contributed by atoms with Gasteiger partial charge in [0.2, 0.25) is 21.8 Å². The van der Waals surface area contributed by atoms with Crippen LogP contribution in [0.4, 0.5) is 15.8 Å². The Morgan fingerprint density at radius 2 is 1.61 bits per heavy atom. The summed E-state index contributed by atoms with van der Waals surface area (Å²) in [5, 5.41) is 14.2. The Hall–Kier alpha value is -4.32. The summed E-state index contributed by atoms with van der Waals surface area (Å²) in [5.41, 5.74) is 0.215. The van der Waals surface area contributed by atoms with E-state index in [-0.39, 0.29) is 24.3 Å². The number of anilines is 1. The van der Waals surface area contributed by atoms with Gasteiger partial charge < -0.3 is 10.2 Å². The van der Waals surface area contributed by atoms with Gasteiger partial charge in [-0.05, 0) is 50.1 Å². The normalized spacial score (nSPS) is 12.3. The van der Waals surface area contributed by atoms with Crippen molar-refractivity contribution in [3.63, 3.8) is 0 Å². The molecule has 3 aromatic carbocycles. The van der Waals surface area contributed by atoms with Crippen LogP contribution >= 0.6 is 0 Å². The Bertz CT molecular complexity index is 1490. The van der Waals surface area contributed by atoms with Crippen LogP contribution in [0.1, 0.15) is 31.9 Å². The highest BCUT2D eigenvalue weighted by atomic mass is 32.2. The van der Waals surface area contributed by atoms with E-state index in [4.69, 9.17) is 0 Å². The number of carbonyl (C=O) groups excluding carboxylic acids is 2. The van der Waals surface area contributed by atoms with Crippen LogP contribution in [-0.4, -0.2) is 54.4 Å². The summed E-state index contributed by atoms with van der Waals surface area (Å²) in [6.45, 7) is 4.54. The molecule has 218 valence electrons. The first-order chi connectivity index (χ1) is 19.1. The molecule has 0 radical (unpaired) electrons. The van der Waals surface area contributed by atoms with Gasteiger partial charge in [0.1, 0.15) is 18.4 Å². The topological polar surface area (TPSA) is 130 Å². The van der Waals surface area contributed by atoms with Gasteiger partial charge in [0.05, 0.1) is 16.9 Å². The van der Waals surface area contributed by atoms with Crippen molar-refractivity contribution in [1.82, 2.24) is 10.2 Å². The second-order valence-corrected chi connectivity index (χ2v) is 12.5. The van der Waals surface area contributed by atoms with E-state index < -0.39 is 50.7 Å². The number of sulfonamides is 1. The van der Waals surface area contributed by atoms with Crippen LogP contribution in [0.25, 0.3) is 0 Å². The second kappa shape index (κ2) is 12.9. The predicted octanol–water partition coefficient (Wildman–Crippen LogP) is 4.05. The van der Waals surface area contributed by atoms with Gasteiger partial charge in [-0.25, -0.2) is 12.8 Å². The highest BCUT2D eigenvalue weighted by Crippen LogP contribution is 2.24. The number of nitro groups is 1. The molecule has 1 atom stereocenters. The average Bonchev–Trinajstić information content (AvgIpc) is 2.89. The van der Waals surface area contributed by atoms with E-state index in [9.17, 15) is 32.5 Å². The molecule has 0 saturated carbocycles. The molecule has 0 aromatic heterocycles. The molecule has 0 unspecified atom stereocenters. The number of non-ortho nitro benzene ring substituents is 1. The fourth-order valence-corrected chi connectivity index (χ4v) is 5.01. The summed E-state index contributed by atoms with van der Waals surface area (Å²) in [6.07, 6.45) is 1.00. The third-order valence-electron chi connectivity index (χ3n) is 6.04. The maximum Gasteiger partial charge on any atom is 0.271 e. The maximum atomic E-state index is 14.0. The third-order valence-corrected chi connectivity index (χ3v) is 7.18. The number of halogens is 1. The van der Waals surface area contributed by atoms with Crippen LogP contribution in [-0.2, 0) is 32.6 Å². The van der Waals surface area contributed by atoms with E-state index in [1.165, 1.54) is 47.4 Å². The van der Waals surface area contributed by atoms with Gasteiger partial charge in [-0.3, -0.25) is 24.0 Å². The van der Waals surface area contributed by atoms with Gasteiger partial charge in [-0.15, -0.1) is 0 Å². The van der Waals surface area contributed by atoms with Crippen molar-refractivity contribution in [3.8, 4) is 0 Å². The van der Waals surface area contributed by atoms with Crippen LogP contribution in [0.2, 0.25) is 0 Å². The summed E-state index contributed by atoms with van der Waals surface area (Å²) in [4.78, 5) is 39.6. The van der Waals surface area contributed by atoms with E-state index in [1.807, 2.05) is 18.2 Å². The molecule has 0 aliphatic rings. The highest BCUT2D eigenvalue weighted by Gasteiger charge is 2.34. The molecule has 12 heteroatoms. The molecule has 0 fully saturated rings. The van der Waals surface area contributed by atoms with Crippen molar-refractivity contribution in [2.45, 2.75) is 45.3 Å². The highest BCUT2D eigenvalue weighted by molar-refractivity contribution is 7.92. The largest absolute Gasteiger partial charge is 0.350 e. The summed E-state index contributed by atoms with van der Waals surface area (Å²) < 4.78 is 40.0. The Labute approximate surface area is 239 Å². The van der Waals surface area contributed by atoms with Crippen molar-refractivity contribution < 1.29 is 27.3 Å². The fourth-order valence-electron chi connectivity index (χ4n) is 4.17. The molecule has 0 heterocycles. The number of nitrogens with one attached hydrogen (secondary N) is 1. The minimum atomic E-state index is -4.09. The second-order valence-electron chi connectivity index (χ2n) is 10.6. The number of rotatable bonds is 11. The van der Waals surface area contributed by atoms with Gasteiger partial charge in [0.15, 0.2) is 0 Å². The van der Waals surface area contributed by atoms with E-state index >= 15 is 0 Å². The molecule has 0 aliphatic carbocycles. The molecule has 0 bridgehead atoms. The number of amides is 2. The zero-order chi connectivity index (χ0) is 30.4. The molecule has 10 nitrogen and oxygen atoms in total. The lowest BCUT2D eigenvalue weighted by Gasteiger charge is -2.35. The van der Waals surface area contributed by atoms with Gasteiger partial charge in [-0.1, -0.05) is 48.5 Å². The Balaban J connectivity index is 2.09. The lowest BCUT2D eigenvalue weighted by atomic mass is 10.0.